The van der Waals surface area contributed by atoms with Gasteiger partial charge in [-0.25, -0.2) is 4.98 Å². The lowest BCUT2D eigenvalue weighted by atomic mass is 10.2. The van der Waals surface area contributed by atoms with Gasteiger partial charge in [-0.15, -0.1) is 0 Å². The Morgan fingerprint density at radius 3 is 3.09 bits per heavy atom. The van der Waals surface area contributed by atoms with Crippen molar-refractivity contribution in [2.75, 3.05) is 12.4 Å². The number of nitrogens with zero attached hydrogens (tertiary/aromatic N) is 3. The van der Waals surface area contributed by atoms with Crippen LogP contribution < -0.4 is 10.1 Å². The van der Waals surface area contributed by atoms with Crippen LogP contribution in [0.15, 0.2) is 36.7 Å². The Balaban J connectivity index is 1.68. The van der Waals surface area contributed by atoms with Crippen LogP contribution >= 0.6 is 11.3 Å². The van der Waals surface area contributed by atoms with E-state index in [1.54, 1.807) is 18.0 Å². The van der Waals surface area contributed by atoms with Gasteiger partial charge in [0, 0.05) is 18.8 Å². The maximum atomic E-state index is 12.1. The summed E-state index contributed by atoms with van der Waals surface area (Å²) in [6.07, 6.45) is 3.90. The van der Waals surface area contributed by atoms with E-state index in [9.17, 15) is 4.79 Å². The van der Waals surface area contributed by atoms with Crippen LogP contribution in [0.4, 0.5) is 5.13 Å². The number of ether oxygens (including phenoxy) is 1. The first-order chi connectivity index (χ1) is 10.7. The summed E-state index contributed by atoms with van der Waals surface area (Å²) in [5.74, 6) is 0.704. The van der Waals surface area contributed by atoms with Crippen LogP contribution in [0.5, 0.6) is 5.75 Å². The van der Waals surface area contributed by atoms with E-state index in [0.29, 0.717) is 11.6 Å². The van der Waals surface area contributed by atoms with Crippen molar-refractivity contribution in [2.45, 2.75) is 19.4 Å². The Kier molecular flexibility index (Phi) is 4.06. The largest absolute Gasteiger partial charge is 0.497 e. The van der Waals surface area contributed by atoms with Crippen molar-refractivity contribution in [3.8, 4) is 5.75 Å². The second kappa shape index (κ2) is 6.15. The number of aromatic nitrogens is 3. The van der Waals surface area contributed by atoms with Crippen molar-refractivity contribution in [3.63, 3.8) is 0 Å². The first-order valence-electron chi connectivity index (χ1n) is 6.89. The van der Waals surface area contributed by atoms with Crippen molar-refractivity contribution in [3.05, 3.63) is 36.7 Å². The van der Waals surface area contributed by atoms with E-state index in [-0.39, 0.29) is 11.9 Å². The van der Waals surface area contributed by atoms with Gasteiger partial charge in [-0.2, -0.15) is 5.10 Å². The molecule has 0 saturated heterocycles. The van der Waals surface area contributed by atoms with Gasteiger partial charge < -0.3 is 10.1 Å². The van der Waals surface area contributed by atoms with Crippen LogP contribution in [0.3, 0.4) is 0 Å². The van der Waals surface area contributed by atoms with E-state index in [1.165, 1.54) is 11.3 Å². The molecule has 0 aliphatic heterocycles. The lowest BCUT2D eigenvalue weighted by Crippen LogP contribution is -2.17. The number of benzene rings is 1. The summed E-state index contributed by atoms with van der Waals surface area (Å²) in [4.78, 5) is 16.5. The third-order valence-electron chi connectivity index (χ3n) is 3.30. The number of methoxy groups -OCH3 is 1. The number of hydrogen-bond acceptors (Lipinski definition) is 5. The number of anilines is 1. The Bertz CT molecular complexity index is 782. The van der Waals surface area contributed by atoms with Gasteiger partial charge in [0.05, 0.1) is 23.4 Å². The number of carbonyl (C=O) groups excluding carboxylic acids is 1. The molecule has 1 atom stereocenters. The van der Waals surface area contributed by atoms with Gasteiger partial charge >= 0.3 is 0 Å². The van der Waals surface area contributed by atoms with Gasteiger partial charge in [0.15, 0.2) is 5.13 Å². The number of fused-ring (bicyclic) bond motifs is 1. The van der Waals surface area contributed by atoms with Crippen molar-refractivity contribution < 1.29 is 9.53 Å². The maximum absolute atomic E-state index is 12.1. The third kappa shape index (κ3) is 3.09. The molecular formula is C15H16N4O2S. The van der Waals surface area contributed by atoms with E-state index in [4.69, 9.17) is 4.74 Å². The third-order valence-corrected chi connectivity index (χ3v) is 4.23. The van der Waals surface area contributed by atoms with E-state index < -0.39 is 0 Å². The number of carbonyl (C=O) groups is 1. The Morgan fingerprint density at radius 2 is 2.36 bits per heavy atom. The summed E-state index contributed by atoms with van der Waals surface area (Å²) in [6, 6.07) is 7.49. The maximum Gasteiger partial charge on any atom is 0.228 e. The van der Waals surface area contributed by atoms with Crippen molar-refractivity contribution in [2.24, 2.45) is 0 Å². The fourth-order valence-electron chi connectivity index (χ4n) is 2.16. The second-order valence-electron chi connectivity index (χ2n) is 4.94. The molecular weight excluding hydrogens is 300 g/mol. The molecule has 7 heteroatoms. The summed E-state index contributed by atoms with van der Waals surface area (Å²) in [6.45, 7) is 1.95. The molecule has 3 rings (SSSR count). The minimum Gasteiger partial charge on any atom is -0.497 e. The van der Waals surface area contributed by atoms with E-state index in [0.717, 1.165) is 16.0 Å². The topological polar surface area (TPSA) is 69.0 Å². The monoisotopic (exact) mass is 316 g/mol. The summed E-state index contributed by atoms with van der Waals surface area (Å²) in [7, 11) is 1.63. The second-order valence-corrected chi connectivity index (χ2v) is 5.97. The summed E-state index contributed by atoms with van der Waals surface area (Å²) < 4.78 is 7.94. The average molecular weight is 316 g/mol. The molecule has 0 saturated carbocycles. The van der Waals surface area contributed by atoms with E-state index >= 15 is 0 Å². The van der Waals surface area contributed by atoms with Crippen molar-refractivity contribution in [1.29, 1.82) is 0 Å². The molecule has 114 valence electrons. The first-order valence-corrected chi connectivity index (χ1v) is 7.71. The molecule has 2 heterocycles. The molecule has 0 spiro atoms. The number of nitrogens with one attached hydrogen (secondary N) is 1. The zero-order valence-electron chi connectivity index (χ0n) is 12.3. The molecule has 22 heavy (non-hydrogen) atoms. The number of amides is 1. The van der Waals surface area contributed by atoms with E-state index in [1.807, 2.05) is 37.4 Å². The Labute approximate surface area is 131 Å². The molecule has 6 nitrogen and oxygen atoms in total. The first kappa shape index (κ1) is 14.5. The highest BCUT2D eigenvalue weighted by atomic mass is 32.1. The predicted molar refractivity (Wildman–Crippen MR) is 86.4 cm³/mol. The molecule has 0 aliphatic carbocycles. The van der Waals surface area contributed by atoms with Crippen LogP contribution in [0.25, 0.3) is 10.2 Å². The molecule has 3 aromatic rings. The van der Waals surface area contributed by atoms with Crippen molar-refractivity contribution in [1.82, 2.24) is 14.8 Å². The molecule has 2 aromatic heterocycles. The molecule has 0 radical (unpaired) electrons. The molecule has 1 N–H and O–H groups in total. The minimum absolute atomic E-state index is 0.00414. The smallest absolute Gasteiger partial charge is 0.228 e. The summed E-state index contributed by atoms with van der Waals surface area (Å²) in [5, 5.41) is 7.59. The van der Waals surface area contributed by atoms with Gasteiger partial charge in [-0.1, -0.05) is 11.3 Å². The highest BCUT2D eigenvalue weighted by Gasteiger charge is 2.13. The number of rotatable bonds is 5. The average Bonchev–Trinajstić information content (AvgIpc) is 3.15. The van der Waals surface area contributed by atoms with Crippen LogP contribution in [-0.2, 0) is 4.79 Å². The fraction of sp³-hybridized carbons (Fsp3) is 0.267. The zero-order chi connectivity index (χ0) is 15.5. The molecule has 0 unspecified atom stereocenters. The van der Waals surface area contributed by atoms with Crippen LogP contribution in [0.1, 0.15) is 19.4 Å². The number of hydrogen-bond donors (Lipinski definition) is 1. The fourth-order valence-corrected chi connectivity index (χ4v) is 3.07. The van der Waals surface area contributed by atoms with Gasteiger partial charge in [-0.05, 0) is 31.2 Å². The normalized spacial score (nSPS) is 12.3. The van der Waals surface area contributed by atoms with E-state index in [2.05, 4.69) is 15.4 Å². The minimum atomic E-state index is -0.0750. The molecule has 0 fully saturated rings. The quantitative estimate of drug-likeness (QED) is 0.785. The van der Waals surface area contributed by atoms with Gasteiger partial charge in [-0.3, -0.25) is 9.48 Å². The van der Waals surface area contributed by atoms with Crippen molar-refractivity contribution >= 4 is 32.6 Å². The highest BCUT2D eigenvalue weighted by molar-refractivity contribution is 7.22. The van der Waals surface area contributed by atoms with Gasteiger partial charge in [0.25, 0.3) is 0 Å². The van der Waals surface area contributed by atoms with Gasteiger partial charge in [0.1, 0.15) is 5.75 Å². The van der Waals surface area contributed by atoms with Crippen LogP contribution in [0, 0.1) is 0 Å². The summed E-state index contributed by atoms with van der Waals surface area (Å²) >= 11 is 1.43. The Morgan fingerprint density at radius 1 is 1.50 bits per heavy atom. The van der Waals surface area contributed by atoms with Crippen LogP contribution in [-0.4, -0.2) is 27.8 Å². The lowest BCUT2D eigenvalue weighted by molar-refractivity contribution is -0.116. The standard InChI is InChI=1S/C15H16N4O2S/c1-10(19-7-3-6-16-19)8-14(20)18-15-17-12-5-4-11(21-2)9-13(12)22-15/h3-7,9-10H,8H2,1-2H3,(H,17,18,20)/t10-/m0/s1. The predicted octanol–water partition coefficient (Wildman–Crippen LogP) is 3.09. The summed E-state index contributed by atoms with van der Waals surface area (Å²) in [5.41, 5.74) is 0.848. The SMILES string of the molecule is COc1ccc2nc(NC(=O)C[C@H](C)n3cccn3)sc2c1. The molecule has 1 aromatic carbocycles. The lowest BCUT2D eigenvalue weighted by Gasteiger charge is -2.10. The molecule has 1 amide bonds. The number of thiazole rings is 1. The zero-order valence-corrected chi connectivity index (χ0v) is 13.1. The van der Waals surface area contributed by atoms with Crippen LogP contribution in [0.2, 0.25) is 0 Å². The highest BCUT2D eigenvalue weighted by Crippen LogP contribution is 2.29. The molecule has 0 bridgehead atoms. The van der Waals surface area contributed by atoms with Gasteiger partial charge in [0.2, 0.25) is 5.91 Å². The Hall–Kier alpha value is -2.41. The molecule has 0 aliphatic rings.